The van der Waals surface area contributed by atoms with E-state index in [1.807, 2.05) is 25.1 Å². The van der Waals surface area contributed by atoms with E-state index in [1.54, 1.807) is 0 Å². The van der Waals surface area contributed by atoms with Gasteiger partial charge in [0.05, 0.1) is 6.61 Å². The summed E-state index contributed by atoms with van der Waals surface area (Å²) in [5.74, 6) is 0.134. The highest BCUT2D eigenvalue weighted by Gasteiger charge is 2.15. The first-order valence-electron chi connectivity index (χ1n) is 7.94. The van der Waals surface area contributed by atoms with Crippen molar-refractivity contribution in [1.29, 1.82) is 0 Å². The first-order valence-corrected chi connectivity index (χ1v) is 7.94. The van der Waals surface area contributed by atoms with Gasteiger partial charge in [-0.15, -0.1) is 0 Å². The SMILES string of the molecule is CCOCc1ccccc1CNC(=O)CCC1CCCN1. The number of amides is 1. The van der Waals surface area contributed by atoms with E-state index in [-0.39, 0.29) is 5.91 Å². The molecule has 21 heavy (non-hydrogen) atoms. The van der Waals surface area contributed by atoms with E-state index in [2.05, 4.69) is 16.7 Å². The van der Waals surface area contributed by atoms with Crippen LogP contribution in [0.5, 0.6) is 0 Å². The zero-order valence-electron chi connectivity index (χ0n) is 12.9. The maximum Gasteiger partial charge on any atom is 0.220 e. The van der Waals surface area contributed by atoms with Gasteiger partial charge >= 0.3 is 0 Å². The molecule has 0 saturated carbocycles. The van der Waals surface area contributed by atoms with Crippen molar-refractivity contribution < 1.29 is 9.53 Å². The molecule has 1 saturated heterocycles. The number of carbonyl (C=O) groups excluding carboxylic acids is 1. The molecule has 1 aromatic carbocycles. The van der Waals surface area contributed by atoms with E-state index in [0.717, 1.165) is 24.1 Å². The number of ether oxygens (including phenoxy) is 1. The van der Waals surface area contributed by atoms with Crippen molar-refractivity contribution >= 4 is 5.91 Å². The summed E-state index contributed by atoms with van der Waals surface area (Å²) < 4.78 is 5.46. The topological polar surface area (TPSA) is 50.4 Å². The molecule has 1 atom stereocenters. The van der Waals surface area contributed by atoms with Crippen molar-refractivity contribution in [3.8, 4) is 0 Å². The molecule has 0 bridgehead atoms. The van der Waals surface area contributed by atoms with E-state index >= 15 is 0 Å². The Morgan fingerprint density at radius 3 is 2.90 bits per heavy atom. The Labute approximate surface area is 127 Å². The fourth-order valence-corrected chi connectivity index (χ4v) is 2.67. The van der Waals surface area contributed by atoms with E-state index in [9.17, 15) is 4.79 Å². The zero-order valence-corrected chi connectivity index (χ0v) is 12.9. The summed E-state index contributed by atoms with van der Waals surface area (Å²) in [6.07, 6.45) is 3.97. The summed E-state index contributed by atoms with van der Waals surface area (Å²) in [5.41, 5.74) is 2.29. The molecule has 0 aromatic heterocycles. The van der Waals surface area contributed by atoms with Gasteiger partial charge in [0, 0.05) is 25.6 Å². The molecule has 1 aliphatic rings. The normalized spacial score (nSPS) is 17.9. The lowest BCUT2D eigenvalue weighted by atomic mass is 10.1. The minimum atomic E-state index is 0.134. The van der Waals surface area contributed by atoms with E-state index < -0.39 is 0 Å². The quantitative estimate of drug-likeness (QED) is 0.773. The highest BCUT2D eigenvalue weighted by Crippen LogP contribution is 2.12. The minimum Gasteiger partial charge on any atom is -0.377 e. The Balaban J connectivity index is 1.75. The van der Waals surface area contributed by atoms with Gasteiger partial charge in [0.2, 0.25) is 5.91 Å². The maximum atomic E-state index is 11.9. The monoisotopic (exact) mass is 290 g/mol. The Kier molecular flexibility index (Phi) is 6.70. The van der Waals surface area contributed by atoms with Gasteiger partial charge in [-0.05, 0) is 43.9 Å². The Bertz CT molecular complexity index is 442. The third-order valence-electron chi connectivity index (χ3n) is 3.94. The third kappa shape index (κ3) is 5.48. The first-order chi connectivity index (χ1) is 10.3. The van der Waals surface area contributed by atoms with E-state index in [1.165, 1.54) is 12.8 Å². The number of carbonyl (C=O) groups is 1. The molecule has 116 valence electrons. The van der Waals surface area contributed by atoms with E-state index in [0.29, 0.717) is 32.2 Å². The molecule has 0 radical (unpaired) electrons. The summed E-state index contributed by atoms with van der Waals surface area (Å²) in [6.45, 7) is 4.97. The molecule has 1 heterocycles. The van der Waals surface area contributed by atoms with Crippen molar-refractivity contribution in [3.63, 3.8) is 0 Å². The fraction of sp³-hybridized carbons (Fsp3) is 0.588. The molecule has 1 aromatic rings. The van der Waals surface area contributed by atoms with Gasteiger partial charge in [0.1, 0.15) is 0 Å². The van der Waals surface area contributed by atoms with Gasteiger partial charge in [-0.3, -0.25) is 4.79 Å². The summed E-state index contributed by atoms with van der Waals surface area (Å²) in [7, 11) is 0. The second-order valence-electron chi connectivity index (χ2n) is 5.51. The molecular weight excluding hydrogens is 264 g/mol. The van der Waals surface area contributed by atoms with Gasteiger partial charge < -0.3 is 15.4 Å². The third-order valence-corrected chi connectivity index (χ3v) is 3.94. The first kappa shape index (κ1) is 16.0. The number of rotatable bonds is 8. The maximum absolute atomic E-state index is 11.9. The molecular formula is C17H26N2O2. The molecule has 1 amide bonds. The molecule has 4 nitrogen and oxygen atoms in total. The van der Waals surface area contributed by atoms with Crippen LogP contribution in [0.1, 0.15) is 43.7 Å². The fourth-order valence-electron chi connectivity index (χ4n) is 2.67. The van der Waals surface area contributed by atoms with Crippen molar-refractivity contribution in [2.45, 2.75) is 51.8 Å². The minimum absolute atomic E-state index is 0.134. The summed E-state index contributed by atoms with van der Waals surface area (Å²) in [5, 5.41) is 6.44. The standard InChI is InChI=1S/C17H26N2O2/c1-2-21-13-15-7-4-3-6-14(15)12-19-17(20)10-9-16-8-5-11-18-16/h3-4,6-7,16,18H,2,5,8-13H2,1H3,(H,19,20). The van der Waals surface area contributed by atoms with Crippen LogP contribution in [-0.4, -0.2) is 25.1 Å². The predicted octanol–water partition coefficient (Wildman–Crippen LogP) is 2.37. The Morgan fingerprint density at radius 1 is 1.38 bits per heavy atom. The van der Waals surface area contributed by atoms with Gasteiger partial charge in [0.15, 0.2) is 0 Å². The lowest BCUT2D eigenvalue weighted by Gasteiger charge is -2.12. The summed E-state index contributed by atoms with van der Waals surface area (Å²) in [6, 6.07) is 8.64. The zero-order chi connectivity index (χ0) is 14.9. The lowest BCUT2D eigenvalue weighted by Crippen LogP contribution is -2.27. The van der Waals surface area contributed by atoms with E-state index in [4.69, 9.17) is 4.74 Å². The van der Waals surface area contributed by atoms with Crippen LogP contribution in [0.3, 0.4) is 0 Å². The molecule has 2 N–H and O–H groups in total. The van der Waals surface area contributed by atoms with Crippen LogP contribution in [0, 0.1) is 0 Å². The van der Waals surface area contributed by atoms with Crippen LogP contribution < -0.4 is 10.6 Å². The van der Waals surface area contributed by atoms with Crippen LogP contribution in [0.2, 0.25) is 0 Å². The molecule has 4 heteroatoms. The van der Waals surface area contributed by atoms with Gasteiger partial charge in [-0.25, -0.2) is 0 Å². The Hall–Kier alpha value is -1.39. The molecule has 0 aliphatic carbocycles. The average molecular weight is 290 g/mol. The van der Waals surface area contributed by atoms with Gasteiger partial charge in [-0.2, -0.15) is 0 Å². The van der Waals surface area contributed by atoms with Crippen molar-refractivity contribution in [3.05, 3.63) is 35.4 Å². The summed E-state index contributed by atoms with van der Waals surface area (Å²) in [4.78, 5) is 11.9. The highest BCUT2D eigenvalue weighted by molar-refractivity contribution is 5.75. The van der Waals surface area contributed by atoms with Crippen molar-refractivity contribution in [2.75, 3.05) is 13.2 Å². The average Bonchev–Trinajstić information content (AvgIpc) is 3.03. The van der Waals surface area contributed by atoms with Gasteiger partial charge in [0.25, 0.3) is 0 Å². The largest absolute Gasteiger partial charge is 0.377 e. The van der Waals surface area contributed by atoms with Crippen LogP contribution in [0.4, 0.5) is 0 Å². The van der Waals surface area contributed by atoms with Crippen molar-refractivity contribution in [1.82, 2.24) is 10.6 Å². The second kappa shape index (κ2) is 8.80. The van der Waals surface area contributed by atoms with Crippen molar-refractivity contribution in [2.24, 2.45) is 0 Å². The molecule has 1 unspecified atom stereocenters. The Morgan fingerprint density at radius 2 is 2.19 bits per heavy atom. The molecule has 2 rings (SSSR count). The van der Waals surface area contributed by atoms with Gasteiger partial charge in [-0.1, -0.05) is 24.3 Å². The van der Waals surface area contributed by atoms with Crippen LogP contribution >= 0.6 is 0 Å². The predicted molar refractivity (Wildman–Crippen MR) is 83.9 cm³/mol. The molecule has 1 aliphatic heterocycles. The number of benzene rings is 1. The smallest absolute Gasteiger partial charge is 0.220 e. The van der Waals surface area contributed by atoms with Crippen LogP contribution in [0.25, 0.3) is 0 Å². The lowest BCUT2D eigenvalue weighted by molar-refractivity contribution is -0.121. The second-order valence-corrected chi connectivity index (χ2v) is 5.51. The molecule has 0 spiro atoms. The number of nitrogens with one attached hydrogen (secondary N) is 2. The molecule has 1 fully saturated rings. The van der Waals surface area contributed by atoms with Crippen LogP contribution in [-0.2, 0) is 22.7 Å². The van der Waals surface area contributed by atoms with Crippen LogP contribution in [0.15, 0.2) is 24.3 Å². The number of hydrogen-bond donors (Lipinski definition) is 2. The highest BCUT2D eigenvalue weighted by atomic mass is 16.5. The summed E-state index contributed by atoms with van der Waals surface area (Å²) >= 11 is 0. The number of hydrogen-bond acceptors (Lipinski definition) is 3.